The summed E-state index contributed by atoms with van der Waals surface area (Å²) in [4.78, 5) is 61.6. The van der Waals surface area contributed by atoms with Crippen LogP contribution in [0.4, 0.5) is 4.79 Å². The van der Waals surface area contributed by atoms with E-state index >= 15 is 0 Å². The van der Waals surface area contributed by atoms with Crippen LogP contribution in [0, 0.1) is 10.8 Å². The molecule has 1 aliphatic heterocycles. The van der Waals surface area contributed by atoms with Gasteiger partial charge in [0.05, 0.1) is 0 Å². The Kier molecular flexibility index (Phi) is 7.00. The molecule has 230 valence electrons. The van der Waals surface area contributed by atoms with E-state index in [2.05, 4.69) is 4.98 Å². The molecule has 3 aliphatic carbocycles. The smallest absolute Gasteiger partial charge is 0.334 e. The minimum Gasteiger partial charge on any atom is -0.494 e. The van der Waals surface area contributed by atoms with E-state index in [0.717, 1.165) is 35.9 Å². The maximum atomic E-state index is 13.6. The van der Waals surface area contributed by atoms with Gasteiger partial charge < -0.3 is 15.7 Å². The molecule has 12 nitrogen and oxygen atoms in total. The lowest BCUT2D eigenvalue weighted by Gasteiger charge is -2.59. The lowest BCUT2D eigenvalue weighted by atomic mass is 9.50. The molecule has 43 heavy (non-hydrogen) atoms. The van der Waals surface area contributed by atoms with Crippen LogP contribution in [0.3, 0.4) is 0 Å². The van der Waals surface area contributed by atoms with Crippen LogP contribution < -0.4 is 17.0 Å². The van der Waals surface area contributed by atoms with Gasteiger partial charge in [-0.3, -0.25) is 34.0 Å². The number of pyridine rings is 1. The van der Waals surface area contributed by atoms with Crippen LogP contribution >= 0.6 is 0 Å². The minimum atomic E-state index is -0.875. The van der Waals surface area contributed by atoms with Gasteiger partial charge in [-0.15, -0.1) is 0 Å². The fraction of sp³-hybridized carbons (Fsp3) is 0.613. The summed E-state index contributed by atoms with van der Waals surface area (Å²) < 4.78 is 2.32. The van der Waals surface area contributed by atoms with Crippen LogP contribution in [0.15, 0.2) is 34.0 Å². The number of rotatable bonds is 8. The van der Waals surface area contributed by atoms with E-state index < -0.39 is 34.5 Å². The summed E-state index contributed by atoms with van der Waals surface area (Å²) in [6.07, 6.45) is 9.68. The number of unbranched alkanes of at least 4 members (excludes halogenated alkanes) is 1. The normalized spacial score (nSPS) is 27.9. The molecule has 4 N–H and O–H groups in total. The highest BCUT2D eigenvalue weighted by atomic mass is 16.3. The molecule has 2 spiro atoms. The summed E-state index contributed by atoms with van der Waals surface area (Å²) in [5.41, 5.74) is 3.68. The van der Waals surface area contributed by atoms with Crippen LogP contribution in [0.1, 0.15) is 94.9 Å². The van der Waals surface area contributed by atoms with Gasteiger partial charge in [-0.25, -0.2) is 9.59 Å². The summed E-state index contributed by atoms with van der Waals surface area (Å²) >= 11 is 0. The van der Waals surface area contributed by atoms with Crippen LogP contribution in [-0.4, -0.2) is 65.9 Å². The van der Waals surface area contributed by atoms with Gasteiger partial charge in [-0.1, -0.05) is 25.8 Å². The fourth-order valence-corrected chi connectivity index (χ4v) is 8.27. The zero-order valence-electron chi connectivity index (χ0n) is 25.0. The standard InChI is InChI=1S/C31H41N7O5/c1-3-4-16-36-24(39)22(23(32)33)25(40)38(28(36)43)20-9-13-29(14-10-20)17-31(18-29)26(41)35(2)27(42)37(31)19-30(11-7-12-30)21-8-5-6-15-34-21/h5-6,8,15,20,39H,3-4,7,9-14,16-19H2,1-2H3,(H3,32,33). The number of nitrogens with two attached hydrogens (primary N) is 1. The van der Waals surface area contributed by atoms with E-state index in [1.54, 1.807) is 13.2 Å². The summed E-state index contributed by atoms with van der Waals surface area (Å²) in [5, 5.41) is 18.5. The Morgan fingerprint density at radius 2 is 1.81 bits per heavy atom. The van der Waals surface area contributed by atoms with Crippen molar-refractivity contribution in [2.75, 3.05) is 13.6 Å². The molecule has 3 saturated carbocycles. The van der Waals surface area contributed by atoms with Crippen molar-refractivity contribution < 1.29 is 14.7 Å². The van der Waals surface area contributed by atoms with Gasteiger partial charge in [0.1, 0.15) is 16.9 Å². The quantitative estimate of drug-likeness (QED) is 0.241. The van der Waals surface area contributed by atoms with Crippen LogP contribution in [0.5, 0.6) is 5.88 Å². The molecule has 0 unspecified atom stereocenters. The van der Waals surface area contributed by atoms with E-state index in [0.29, 0.717) is 51.5 Å². The molecule has 2 aromatic rings. The zero-order chi connectivity index (χ0) is 30.7. The maximum Gasteiger partial charge on any atom is 0.334 e. The van der Waals surface area contributed by atoms with Crippen molar-refractivity contribution in [1.29, 1.82) is 5.41 Å². The number of hydrogen-bond donors (Lipinski definition) is 3. The van der Waals surface area contributed by atoms with Gasteiger partial charge in [-0.05, 0) is 75.3 Å². The van der Waals surface area contributed by atoms with Gasteiger partial charge in [0.2, 0.25) is 5.88 Å². The van der Waals surface area contributed by atoms with Crippen molar-refractivity contribution >= 4 is 17.8 Å². The van der Waals surface area contributed by atoms with E-state index in [4.69, 9.17) is 11.1 Å². The van der Waals surface area contributed by atoms with E-state index in [9.17, 15) is 24.3 Å². The second kappa shape index (κ2) is 10.3. The number of aromatic hydroxyl groups is 1. The predicted octanol–water partition coefficient (Wildman–Crippen LogP) is 2.84. The number of aromatic nitrogens is 3. The zero-order valence-corrected chi connectivity index (χ0v) is 25.0. The Morgan fingerprint density at radius 3 is 2.37 bits per heavy atom. The highest BCUT2D eigenvalue weighted by molar-refractivity contribution is 6.07. The number of carbonyl (C=O) groups excluding carboxylic acids is 2. The first-order valence-electron chi connectivity index (χ1n) is 15.4. The van der Waals surface area contributed by atoms with Crippen molar-refractivity contribution in [2.45, 2.75) is 101 Å². The first kappa shape index (κ1) is 29.1. The van der Waals surface area contributed by atoms with Crippen molar-refractivity contribution in [3.8, 4) is 5.88 Å². The number of amides is 3. The van der Waals surface area contributed by atoms with Gasteiger partial charge in [0.15, 0.2) is 0 Å². The third kappa shape index (κ3) is 4.31. The predicted molar refractivity (Wildman–Crippen MR) is 159 cm³/mol. The lowest BCUT2D eigenvalue weighted by Crippen LogP contribution is -2.66. The van der Waals surface area contributed by atoms with Crippen molar-refractivity contribution in [1.82, 2.24) is 23.9 Å². The number of nitrogen functional groups attached to an aromatic ring is 1. The van der Waals surface area contributed by atoms with Crippen LogP contribution in [-0.2, 0) is 16.8 Å². The highest BCUT2D eigenvalue weighted by Crippen LogP contribution is 2.62. The van der Waals surface area contributed by atoms with Crippen LogP contribution in [0.25, 0.3) is 0 Å². The Labute approximate surface area is 250 Å². The summed E-state index contributed by atoms with van der Waals surface area (Å²) in [7, 11) is 1.57. The monoisotopic (exact) mass is 591 g/mol. The second-order valence-electron chi connectivity index (χ2n) is 13.3. The molecule has 4 fully saturated rings. The molecule has 4 aliphatic rings. The molecule has 6 rings (SSSR count). The van der Waals surface area contributed by atoms with Gasteiger partial charge >= 0.3 is 11.7 Å². The first-order valence-corrected chi connectivity index (χ1v) is 15.4. The van der Waals surface area contributed by atoms with Crippen molar-refractivity contribution in [3.63, 3.8) is 0 Å². The largest absolute Gasteiger partial charge is 0.494 e. The van der Waals surface area contributed by atoms with Crippen LogP contribution in [0.2, 0.25) is 0 Å². The van der Waals surface area contributed by atoms with Gasteiger partial charge in [0, 0.05) is 43.5 Å². The first-order chi connectivity index (χ1) is 20.5. The number of carbonyl (C=O) groups is 2. The number of nitrogens with one attached hydrogen (secondary N) is 1. The molecule has 2 aromatic heterocycles. The maximum absolute atomic E-state index is 13.6. The van der Waals surface area contributed by atoms with E-state index in [1.807, 2.05) is 30.0 Å². The summed E-state index contributed by atoms with van der Waals surface area (Å²) in [6.45, 7) is 2.65. The Morgan fingerprint density at radius 1 is 1.12 bits per heavy atom. The fourth-order valence-electron chi connectivity index (χ4n) is 8.27. The summed E-state index contributed by atoms with van der Waals surface area (Å²) in [6, 6.07) is 5.21. The Bertz CT molecular complexity index is 1580. The Hall–Kier alpha value is -3.96. The molecule has 1 saturated heterocycles. The molecular weight excluding hydrogens is 550 g/mol. The third-order valence-corrected chi connectivity index (χ3v) is 10.8. The van der Waals surface area contributed by atoms with Crippen molar-refractivity contribution in [3.05, 3.63) is 56.5 Å². The lowest BCUT2D eigenvalue weighted by molar-refractivity contribution is -0.150. The average Bonchev–Trinajstić information content (AvgIpc) is 3.12. The third-order valence-electron chi connectivity index (χ3n) is 10.8. The second-order valence-corrected chi connectivity index (χ2v) is 13.3. The molecule has 3 heterocycles. The van der Waals surface area contributed by atoms with E-state index in [-0.39, 0.29) is 34.9 Å². The SMILES string of the molecule is CCCCn1c(O)c(C(=N)N)c(=O)n(C2CCC3(CC2)CC2(C3)C(=O)N(C)C(=O)N2CC2(c3ccccn3)CCC2)c1=O. The number of nitrogens with zero attached hydrogens (tertiary/aromatic N) is 5. The molecule has 0 radical (unpaired) electrons. The molecule has 0 bridgehead atoms. The molecule has 12 heteroatoms. The van der Waals surface area contributed by atoms with E-state index in [1.165, 1.54) is 9.47 Å². The molecule has 0 atom stereocenters. The Balaban J connectivity index is 1.24. The highest BCUT2D eigenvalue weighted by Gasteiger charge is 2.68. The number of urea groups is 1. The topological polar surface area (TPSA) is 168 Å². The number of likely N-dealkylation sites (N-methyl/N-ethyl adjacent to an activating group) is 1. The molecular formula is C31H41N7O5. The number of amidine groups is 1. The molecule has 3 amide bonds. The average molecular weight is 592 g/mol. The number of hydrogen-bond acceptors (Lipinski definition) is 7. The van der Waals surface area contributed by atoms with Gasteiger partial charge in [-0.2, -0.15) is 0 Å². The minimum absolute atomic E-state index is 0.152. The molecule has 0 aromatic carbocycles. The van der Waals surface area contributed by atoms with Crippen molar-refractivity contribution in [2.24, 2.45) is 11.1 Å². The number of imide groups is 1. The summed E-state index contributed by atoms with van der Waals surface area (Å²) in [5.74, 6) is -1.28. The van der Waals surface area contributed by atoms with Gasteiger partial charge in [0.25, 0.3) is 11.5 Å².